The van der Waals surface area contributed by atoms with E-state index in [-0.39, 0.29) is 6.61 Å². The van der Waals surface area contributed by atoms with Gasteiger partial charge in [-0.3, -0.25) is 4.79 Å². The van der Waals surface area contributed by atoms with Crippen LogP contribution in [0.25, 0.3) is 0 Å². The van der Waals surface area contributed by atoms with Crippen molar-refractivity contribution in [2.75, 3.05) is 6.61 Å². The van der Waals surface area contributed by atoms with Crippen molar-refractivity contribution in [2.45, 2.75) is 6.92 Å². The van der Waals surface area contributed by atoms with Gasteiger partial charge in [-0.1, -0.05) is 15.9 Å². The minimum absolute atomic E-state index is 0.193. The molecule has 1 aromatic carbocycles. The number of Topliss-reactive ketones (excluding diaryl/α,β-unsaturated/α-hetero) is 1. The molecule has 0 atom stereocenters. The molecule has 0 heterocycles. The Morgan fingerprint density at radius 3 is 2.53 bits per heavy atom. The number of rotatable bonds is 3. The lowest BCUT2D eigenvalue weighted by Crippen LogP contribution is -2.17. The third kappa shape index (κ3) is 3.14. The van der Waals surface area contributed by atoms with Gasteiger partial charge in [-0.2, -0.15) is 0 Å². The molecule has 0 spiro atoms. The highest BCUT2D eigenvalue weighted by atomic mass is 79.9. The standard InChI is InChI=1S/C10H8Br2O3/c1-2-15-10(14)9(13)7-4-3-6(11)5-8(7)12/h3-5H,2H2,1H3. The van der Waals surface area contributed by atoms with Gasteiger partial charge >= 0.3 is 5.97 Å². The Bertz CT molecular complexity index is 402. The first-order valence-corrected chi connectivity index (χ1v) is 5.81. The predicted octanol–water partition coefficient (Wildman–Crippen LogP) is 2.96. The topological polar surface area (TPSA) is 43.4 Å². The van der Waals surface area contributed by atoms with E-state index in [1.807, 2.05) is 0 Å². The Kier molecular flexibility index (Phi) is 4.47. The van der Waals surface area contributed by atoms with E-state index < -0.39 is 11.8 Å². The molecule has 0 radical (unpaired) electrons. The van der Waals surface area contributed by atoms with Crippen LogP contribution < -0.4 is 0 Å². The second-order valence-corrected chi connectivity index (χ2v) is 4.44. The van der Waals surface area contributed by atoms with E-state index in [4.69, 9.17) is 0 Å². The Morgan fingerprint density at radius 2 is 2.00 bits per heavy atom. The van der Waals surface area contributed by atoms with Gasteiger partial charge in [0.15, 0.2) is 0 Å². The smallest absolute Gasteiger partial charge is 0.379 e. The van der Waals surface area contributed by atoms with Crippen LogP contribution in [0.4, 0.5) is 0 Å². The van der Waals surface area contributed by atoms with Crippen molar-refractivity contribution in [3.8, 4) is 0 Å². The molecule has 0 aliphatic rings. The van der Waals surface area contributed by atoms with Crippen LogP contribution in [0.2, 0.25) is 0 Å². The summed E-state index contributed by atoms with van der Waals surface area (Å²) in [5.41, 5.74) is 0.302. The Morgan fingerprint density at radius 1 is 1.33 bits per heavy atom. The molecule has 0 N–H and O–H groups in total. The average Bonchev–Trinajstić information content (AvgIpc) is 2.17. The maximum atomic E-state index is 11.5. The fourth-order valence-electron chi connectivity index (χ4n) is 0.980. The maximum absolute atomic E-state index is 11.5. The monoisotopic (exact) mass is 334 g/mol. The van der Waals surface area contributed by atoms with Gasteiger partial charge in [0.2, 0.25) is 0 Å². The van der Waals surface area contributed by atoms with Crippen molar-refractivity contribution in [1.82, 2.24) is 0 Å². The van der Waals surface area contributed by atoms with Crippen LogP contribution in [0.5, 0.6) is 0 Å². The van der Waals surface area contributed by atoms with E-state index in [9.17, 15) is 9.59 Å². The van der Waals surface area contributed by atoms with Gasteiger partial charge in [-0.25, -0.2) is 4.79 Å². The summed E-state index contributed by atoms with van der Waals surface area (Å²) >= 11 is 6.46. The van der Waals surface area contributed by atoms with E-state index in [1.54, 1.807) is 25.1 Å². The Labute approximate surface area is 104 Å². The molecule has 80 valence electrons. The van der Waals surface area contributed by atoms with Crippen LogP contribution in [0, 0.1) is 0 Å². The number of ketones is 1. The number of carbonyl (C=O) groups excluding carboxylic acids is 2. The van der Waals surface area contributed by atoms with Gasteiger partial charge in [0.05, 0.1) is 6.61 Å². The van der Waals surface area contributed by atoms with E-state index in [2.05, 4.69) is 36.6 Å². The number of hydrogen-bond donors (Lipinski definition) is 0. The highest BCUT2D eigenvalue weighted by Gasteiger charge is 2.19. The molecule has 3 nitrogen and oxygen atoms in total. The summed E-state index contributed by atoms with van der Waals surface area (Å²) in [7, 11) is 0. The van der Waals surface area contributed by atoms with Gasteiger partial charge < -0.3 is 4.74 Å². The van der Waals surface area contributed by atoms with Crippen molar-refractivity contribution < 1.29 is 14.3 Å². The van der Waals surface area contributed by atoms with Crippen LogP contribution >= 0.6 is 31.9 Å². The molecule has 5 heteroatoms. The molecule has 0 aliphatic carbocycles. The molecule has 1 rings (SSSR count). The molecule has 0 bridgehead atoms. The first-order valence-electron chi connectivity index (χ1n) is 4.22. The summed E-state index contributed by atoms with van der Waals surface area (Å²) in [4.78, 5) is 22.7. The predicted molar refractivity (Wildman–Crippen MR) is 62.8 cm³/mol. The zero-order valence-electron chi connectivity index (χ0n) is 7.92. The molecule has 0 saturated heterocycles. The van der Waals surface area contributed by atoms with Crippen molar-refractivity contribution in [2.24, 2.45) is 0 Å². The molecule has 15 heavy (non-hydrogen) atoms. The van der Waals surface area contributed by atoms with Gasteiger partial charge in [-0.05, 0) is 41.1 Å². The van der Waals surface area contributed by atoms with Crippen LogP contribution in [0.15, 0.2) is 27.1 Å². The lowest BCUT2D eigenvalue weighted by molar-refractivity contribution is -0.137. The average molecular weight is 336 g/mol. The number of ether oxygens (including phenoxy) is 1. The molecule has 0 aromatic heterocycles. The number of hydrogen-bond acceptors (Lipinski definition) is 3. The van der Waals surface area contributed by atoms with E-state index in [0.717, 1.165) is 4.47 Å². The van der Waals surface area contributed by atoms with Crippen LogP contribution in [0.1, 0.15) is 17.3 Å². The van der Waals surface area contributed by atoms with Gasteiger partial charge in [-0.15, -0.1) is 0 Å². The second kappa shape index (κ2) is 5.42. The first-order chi connectivity index (χ1) is 7.06. The lowest BCUT2D eigenvalue weighted by atomic mass is 10.1. The van der Waals surface area contributed by atoms with E-state index >= 15 is 0 Å². The van der Waals surface area contributed by atoms with Gasteiger partial charge in [0, 0.05) is 14.5 Å². The number of benzene rings is 1. The highest BCUT2D eigenvalue weighted by Crippen LogP contribution is 2.22. The largest absolute Gasteiger partial charge is 0.460 e. The molecular weight excluding hydrogens is 328 g/mol. The Hall–Kier alpha value is -0.680. The SMILES string of the molecule is CCOC(=O)C(=O)c1ccc(Br)cc1Br. The zero-order valence-corrected chi connectivity index (χ0v) is 11.1. The molecule has 0 amide bonds. The molecular formula is C10H8Br2O3. The van der Waals surface area contributed by atoms with Crippen LogP contribution in [-0.4, -0.2) is 18.4 Å². The van der Waals surface area contributed by atoms with Crippen molar-refractivity contribution in [3.63, 3.8) is 0 Å². The highest BCUT2D eigenvalue weighted by molar-refractivity contribution is 9.11. The van der Waals surface area contributed by atoms with Gasteiger partial charge in [0.25, 0.3) is 5.78 Å². The molecule has 0 aliphatic heterocycles. The van der Waals surface area contributed by atoms with Gasteiger partial charge in [0.1, 0.15) is 0 Å². The normalized spacial score (nSPS) is 9.80. The molecule has 0 saturated carbocycles. The van der Waals surface area contributed by atoms with E-state index in [1.165, 1.54) is 0 Å². The first kappa shape index (κ1) is 12.4. The summed E-state index contributed by atoms with van der Waals surface area (Å²) in [6.45, 7) is 1.85. The minimum atomic E-state index is -0.833. The number of esters is 1. The fraction of sp³-hybridized carbons (Fsp3) is 0.200. The van der Waals surface area contributed by atoms with Crippen molar-refractivity contribution >= 4 is 43.6 Å². The summed E-state index contributed by atoms with van der Waals surface area (Å²) in [5, 5.41) is 0. The molecule has 1 aromatic rings. The minimum Gasteiger partial charge on any atom is -0.460 e. The second-order valence-electron chi connectivity index (χ2n) is 2.67. The number of halogens is 2. The number of carbonyl (C=O) groups is 2. The maximum Gasteiger partial charge on any atom is 0.379 e. The summed E-state index contributed by atoms with van der Waals surface area (Å²) < 4.78 is 6.02. The molecule has 0 fully saturated rings. The lowest BCUT2D eigenvalue weighted by Gasteiger charge is -2.03. The quantitative estimate of drug-likeness (QED) is 0.484. The molecule has 0 unspecified atom stereocenters. The van der Waals surface area contributed by atoms with Crippen LogP contribution in [-0.2, 0) is 9.53 Å². The van der Waals surface area contributed by atoms with E-state index in [0.29, 0.717) is 10.0 Å². The Balaban J connectivity index is 2.96. The third-order valence-electron chi connectivity index (χ3n) is 1.64. The summed E-state index contributed by atoms with van der Waals surface area (Å²) in [6.07, 6.45) is 0. The summed E-state index contributed by atoms with van der Waals surface area (Å²) in [5.74, 6) is -1.48. The fourth-order valence-corrected chi connectivity index (χ4v) is 2.21. The van der Waals surface area contributed by atoms with Crippen molar-refractivity contribution in [3.05, 3.63) is 32.7 Å². The van der Waals surface area contributed by atoms with Crippen molar-refractivity contribution in [1.29, 1.82) is 0 Å². The third-order valence-corrected chi connectivity index (χ3v) is 2.79. The summed E-state index contributed by atoms with van der Waals surface area (Å²) in [6, 6.07) is 4.96. The van der Waals surface area contributed by atoms with Crippen LogP contribution in [0.3, 0.4) is 0 Å². The zero-order chi connectivity index (χ0) is 11.4.